The number of amides is 1. The monoisotopic (exact) mass is 853 g/mol. The van der Waals surface area contributed by atoms with Crippen molar-refractivity contribution >= 4 is 35.6 Å². The molecule has 1 amide bonds. The lowest BCUT2D eigenvalue weighted by Gasteiger charge is -2.67. The number of ketones is 1. The highest BCUT2D eigenvalue weighted by molar-refractivity contribution is 5.96. The van der Waals surface area contributed by atoms with Gasteiger partial charge in [-0.15, -0.1) is 0 Å². The van der Waals surface area contributed by atoms with Crippen molar-refractivity contribution in [1.82, 2.24) is 5.32 Å². The number of Topliss-reactive ketones (excluding diaryl/α,β-unsaturated/α-hetero) is 1. The van der Waals surface area contributed by atoms with Crippen LogP contribution in [0.1, 0.15) is 86.7 Å². The zero-order valence-corrected chi connectivity index (χ0v) is 35.2. The highest BCUT2D eigenvalue weighted by Crippen LogP contribution is 2.64. The minimum Gasteiger partial charge on any atom is -0.456 e. The summed E-state index contributed by atoms with van der Waals surface area (Å²) in [4.78, 5) is 83.5. The van der Waals surface area contributed by atoms with E-state index in [0.29, 0.717) is 5.56 Å². The van der Waals surface area contributed by atoms with Crippen LogP contribution in [0, 0.1) is 16.7 Å². The van der Waals surface area contributed by atoms with E-state index >= 15 is 4.79 Å². The number of rotatable bonds is 10. The number of aliphatic hydroxyl groups is 3. The molecule has 4 bridgehead atoms. The highest BCUT2D eigenvalue weighted by atomic mass is 16.6. The minimum absolute atomic E-state index is 0.0275. The average Bonchev–Trinajstić information content (AvgIpc) is 3.24. The first-order valence-electron chi connectivity index (χ1n) is 20.5. The third-order valence-corrected chi connectivity index (χ3v) is 13.5. The van der Waals surface area contributed by atoms with Crippen LogP contribution in [-0.4, -0.2) is 105 Å². The van der Waals surface area contributed by atoms with Crippen molar-refractivity contribution in [3.8, 4) is 0 Å². The second kappa shape index (κ2) is 16.5. The normalized spacial score (nSPS) is 31.9. The molecule has 62 heavy (non-hydrogen) atoms. The molecule has 0 aromatic heterocycles. The van der Waals surface area contributed by atoms with E-state index in [9.17, 15) is 39.3 Å². The van der Waals surface area contributed by atoms with Crippen molar-refractivity contribution in [2.24, 2.45) is 16.7 Å². The van der Waals surface area contributed by atoms with E-state index in [1.165, 1.54) is 26.0 Å². The minimum atomic E-state index is -2.39. The van der Waals surface area contributed by atoms with Crippen molar-refractivity contribution in [2.75, 3.05) is 6.61 Å². The zero-order chi connectivity index (χ0) is 44.9. The molecule has 0 unspecified atom stereocenters. The number of benzene rings is 3. The molecule has 328 valence electrons. The van der Waals surface area contributed by atoms with Gasteiger partial charge >= 0.3 is 23.9 Å². The van der Waals surface area contributed by atoms with E-state index < -0.39 is 119 Å². The molecule has 2 saturated heterocycles. The van der Waals surface area contributed by atoms with Crippen LogP contribution in [0.15, 0.2) is 102 Å². The predicted molar refractivity (Wildman–Crippen MR) is 218 cm³/mol. The smallest absolute Gasteiger partial charge is 0.338 e. The molecular weight excluding hydrogens is 803 g/mol. The Morgan fingerprint density at radius 2 is 1.40 bits per heavy atom. The van der Waals surface area contributed by atoms with Gasteiger partial charge in [0, 0.05) is 37.7 Å². The Morgan fingerprint density at radius 3 is 1.97 bits per heavy atom. The van der Waals surface area contributed by atoms with Gasteiger partial charge < -0.3 is 44.3 Å². The Kier molecular flexibility index (Phi) is 11.8. The second-order valence-electron chi connectivity index (χ2n) is 17.4. The van der Waals surface area contributed by atoms with Gasteiger partial charge in [0.2, 0.25) is 0 Å². The SMILES string of the molecule is CC(=O)O[C@H]1C(=O)[C@]2(C)[C@@H]3C[C@H](O)[C@@](OC(C)=O)(CO3)[C@H]2[C@H](OC(=O)c2ccccc2)[C@]2(O)C[C@H](OC(=O)[C@H](O)[C@@H](NC(=O)c3ccccc3)c3ccccc3)C(C)=C1C2(C)C. The fourth-order valence-electron chi connectivity index (χ4n) is 10.3. The van der Waals surface area contributed by atoms with E-state index in [-0.39, 0.29) is 28.7 Å². The van der Waals surface area contributed by atoms with Gasteiger partial charge in [-0.3, -0.25) is 19.2 Å². The van der Waals surface area contributed by atoms with E-state index in [1.807, 2.05) is 0 Å². The fraction of sp³-hybridized carbons (Fsp3) is 0.447. The third kappa shape index (κ3) is 7.29. The van der Waals surface area contributed by atoms with Gasteiger partial charge in [0.1, 0.15) is 17.8 Å². The summed E-state index contributed by atoms with van der Waals surface area (Å²) < 4.78 is 30.5. The van der Waals surface area contributed by atoms with Crippen LogP contribution in [0.5, 0.6) is 0 Å². The molecule has 0 radical (unpaired) electrons. The number of esters is 4. The maximum Gasteiger partial charge on any atom is 0.338 e. The van der Waals surface area contributed by atoms with Crippen LogP contribution in [0.2, 0.25) is 0 Å². The molecule has 2 aliphatic heterocycles. The largest absolute Gasteiger partial charge is 0.456 e. The second-order valence-corrected chi connectivity index (χ2v) is 17.4. The summed E-state index contributed by atoms with van der Waals surface area (Å²) in [6.45, 7) is 7.90. The summed E-state index contributed by atoms with van der Waals surface area (Å²) in [5.41, 5.74) is -7.13. The summed E-state index contributed by atoms with van der Waals surface area (Å²) in [5, 5.41) is 40.0. The lowest BCUT2D eigenvalue weighted by atomic mass is 9.44. The van der Waals surface area contributed by atoms with Crippen LogP contribution in [-0.2, 0) is 42.9 Å². The quantitative estimate of drug-likeness (QED) is 0.130. The fourth-order valence-corrected chi connectivity index (χ4v) is 10.3. The number of carbonyl (C=O) groups excluding carboxylic acids is 6. The number of carbonyl (C=O) groups is 6. The molecule has 4 N–H and O–H groups in total. The molecule has 4 fully saturated rings. The van der Waals surface area contributed by atoms with Gasteiger partial charge in [0.25, 0.3) is 5.91 Å². The summed E-state index contributed by atoms with van der Waals surface area (Å²) >= 11 is 0. The third-order valence-electron chi connectivity index (χ3n) is 13.5. The van der Waals surface area contributed by atoms with E-state index in [1.54, 1.807) is 92.7 Å². The molecule has 8 rings (SSSR count). The van der Waals surface area contributed by atoms with Crippen molar-refractivity contribution in [2.45, 2.75) is 108 Å². The molecule has 11 atom stereocenters. The van der Waals surface area contributed by atoms with Crippen molar-refractivity contribution in [3.05, 3.63) is 119 Å². The number of hydrogen-bond acceptors (Lipinski definition) is 14. The Labute approximate surface area is 358 Å². The molecular formula is C47H51NO14. The maximum atomic E-state index is 15.5. The first-order chi connectivity index (χ1) is 29.3. The number of aliphatic hydroxyl groups excluding tert-OH is 2. The van der Waals surface area contributed by atoms with E-state index in [4.69, 9.17) is 23.7 Å². The number of fused-ring (bicyclic) bond motifs is 4. The van der Waals surface area contributed by atoms with Crippen LogP contribution in [0.3, 0.4) is 0 Å². The summed E-state index contributed by atoms with van der Waals surface area (Å²) in [6.07, 6.45) is -10.5. The predicted octanol–water partition coefficient (Wildman–Crippen LogP) is 3.74. The first kappa shape index (κ1) is 44.3. The summed E-state index contributed by atoms with van der Waals surface area (Å²) in [7, 11) is 0. The van der Waals surface area contributed by atoms with Gasteiger partial charge in [0.05, 0.1) is 41.8 Å². The van der Waals surface area contributed by atoms with Crippen LogP contribution < -0.4 is 5.32 Å². The standard InChI is InChI=1S/C47H51NO14/c1-25-31(60-43(56)36(52)35(28-16-10-7-11-17-28)48-41(54)29-18-12-8-13-19-29)23-47(57)40(61-42(55)30-20-14-9-15-21-30)38-45(6,33-22-32(51)46(38,24-58-33)62-27(3)50)39(53)37(59-26(2)49)34(25)44(47,4)5/h7-21,31-33,35-38,40,51-52,57H,22-24H2,1-6H3,(H,48,54)/t31-,32-,33-,35-,36+,37+,38-,40-,45+,46-,47+/m0/s1. The Hall–Kier alpha value is -5.74. The van der Waals surface area contributed by atoms with E-state index in [2.05, 4.69) is 5.32 Å². The van der Waals surface area contributed by atoms with E-state index in [0.717, 1.165) is 13.8 Å². The Balaban J connectivity index is 1.39. The van der Waals surface area contributed by atoms with Crippen LogP contribution in [0.25, 0.3) is 0 Å². The molecule has 0 spiro atoms. The van der Waals surface area contributed by atoms with Gasteiger partial charge in [-0.2, -0.15) is 0 Å². The van der Waals surface area contributed by atoms with Crippen LogP contribution in [0.4, 0.5) is 0 Å². The van der Waals surface area contributed by atoms with Crippen molar-refractivity contribution in [3.63, 3.8) is 0 Å². The average molecular weight is 854 g/mol. The van der Waals surface area contributed by atoms with Gasteiger partial charge in [-0.05, 0) is 54.8 Å². The Bertz CT molecular complexity index is 2280. The zero-order valence-electron chi connectivity index (χ0n) is 35.2. The van der Waals surface area contributed by atoms with Gasteiger partial charge in [-0.1, -0.05) is 80.6 Å². The molecule has 5 aliphatic rings. The molecule has 15 heteroatoms. The highest BCUT2D eigenvalue weighted by Gasteiger charge is 2.78. The van der Waals surface area contributed by atoms with Crippen molar-refractivity contribution in [1.29, 1.82) is 0 Å². The van der Waals surface area contributed by atoms with Gasteiger partial charge in [-0.25, -0.2) is 9.59 Å². The molecule has 3 aliphatic carbocycles. The number of hydrogen-bond donors (Lipinski definition) is 4. The molecule has 2 saturated carbocycles. The number of nitrogens with one attached hydrogen (secondary N) is 1. The summed E-state index contributed by atoms with van der Waals surface area (Å²) in [5.74, 6) is -6.82. The molecule has 3 aromatic rings. The number of ether oxygens (including phenoxy) is 5. The van der Waals surface area contributed by atoms with Crippen molar-refractivity contribution < 1.29 is 67.8 Å². The lowest BCUT2D eigenvalue weighted by Crippen LogP contribution is -2.81. The topological polar surface area (TPSA) is 221 Å². The Morgan fingerprint density at radius 1 is 0.823 bits per heavy atom. The lowest BCUT2D eigenvalue weighted by molar-refractivity contribution is -0.333. The first-order valence-corrected chi connectivity index (χ1v) is 20.5. The summed E-state index contributed by atoms with van der Waals surface area (Å²) in [6, 6.07) is 22.9. The molecule has 2 heterocycles. The van der Waals surface area contributed by atoms with Gasteiger partial charge in [0.15, 0.2) is 23.6 Å². The molecule has 3 aromatic carbocycles. The van der Waals surface area contributed by atoms with Crippen LogP contribution >= 0.6 is 0 Å². The maximum absolute atomic E-state index is 15.5. The molecule has 15 nitrogen and oxygen atoms in total.